The number of hydrogen-bond donors (Lipinski definition) is 1. The van der Waals surface area contributed by atoms with Crippen LogP contribution in [0.5, 0.6) is 0 Å². The van der Waals surface area contributed by atoms with E-state index < -0.39 is 0 Å². The lowest BCUT2D eigenvalue weighted by Crippen LogP contribution is -2.48. The standard InChI is InChI=1S/C13H22O2/c14-1-2-15-9-13-6-10-3-11(7-13)5-12(4-10)8-13/h10-12,14H,1-9H2. The molecule has 0 amide bonds. The Morgan fingerprint density at radius 2 is 1.53 bits per heavy atom. The van der Waals surface area contributed by atoms with Crippen molar-refractivity contribution in [2.75, 3.05) is 19.8 Å². The van der Waals surface area contributed by atoms with E-state index in [1.807, 2.05) is 0 Å². The van der Waals surface area contributed by atoms with Crippen molar-refractivity contribution in [3.8, 4) is 0 Å². The zero-order valence-corrected chi connectivity index (χ0v) is 9.45. The van der Waals surface area contributed by atoms with E-state index in [4.69, 9.17) is 9.84 Å². The molecule has 4 aliphatic rings. The predicted octanol–water partition coefficient (Wildman–Crippen LogP) is 2.21. The second-order valence-electron chi connectivity index (χ2n) is 6.19. The molecule has 1 N–H and O–H groups in total. The maximum atomic E-state index is 8.75. The van der Waals surface area contributed by atoms with Gasteiger partial charge in [0.1, 0.15) is 0 Å². The summed E-state index contributed by atoms with van der Waals surface area (Å²) in [6.07, 6.45) is 8.72. The fourth-order valence-electron chi connectivity index (χ4n) is 4.82. The van der Waals surface area contributed by atoms with E-state index in [9.17, 15) is 0 Å². The van der Waals surface area contributed by atoms with Crippen molar-refractivity contribution in [2.45, 2.75) is 38.5 Å². The van der Waals surface area contributed by atoms with Crippen LogP contribution in [0.1, 0.15) is 38.5 Å². The average molecular weight is 210 g/mol. The highest BCUT2D eigenvalue weighted by atomic mass is 16.5. The zero-order chi connectivity index (χ0) is 10.3. The van der Waals surface area contributed by atoms with Crippen molar-refractivity contribution in [3.63, 3.8) is 0 Å². The Morgan fingerprint density at radius 3 is 2.00 bits per heavy atom. The third-order valence-corrected chi connectivity index (χ3v) is 4.81. The number of rotatable bonds is 4. The van der Waals surface area contributed by atoms with Crippen molar-refractivity contribution < 1.29 is 9.84 Å². The summed E-state index contributed by atoms with van der Waals surface area (Å²) in [5.74, 6) is 3.02. The van der Waals surface area contributed by atoms with Crippen molar-refractivity contribution in [2.24, 2.45) is 23.2 Å². The third kappa shape index (κ3) is 1.83. The highest BCUT2D eigenvalue weighted by Crippen LogP contribution is 2.59. The maximum absolute atomic E-state index is 8.75. The summed E-state index contributed by atoms with van der Waals surface area (Å²) in [6.45, 7) is 1.62. The van der Waals surface area contributed by atoms with Crippen molar-refractivity contribution >= 4 is 0 Å². The minimum absolute atomic E-state index is 0.173. The Kier molecular flexibility index (Phi) is 2.52. The summed E-state index contributed by atoms with van der Waals surface area (Å²) < 4.78 is 5.62. The Morgan fingerprint density at radius 1 is 1.00 bits per heavy atom. The van der Waals surface area contributed by atoms with Gasteiger partial charge in [-0.3, -0.25) is 0 Å². The summed E-state index contributed by atoms with van der Waals surface area (Å²) in [7, 11) is 0. The van der Waals surface area contributed by atoms with Crippen LogP contribution in [-0.4, -0.2) is 24.9 Å². The van der Waals surface area contributed by atoms with Gasteiger partial charge in [0.05, 0.1) is 19.8 Å². The van der Waals surface area contributed by atoms with Crippen LogP contribution in [0, 0.1) is 23.2 Å². The lowest BCUT2D eigenvalue weighted by Gasteiger charge is -2.56. The molecule has 4 fully saturated rings. The number of hydrogen-bond acceptors (Lipinski definition) is 2. The molecule has 4 aliphatic carbocycles. The van der Waals surface area contributed by atoms with Gasteiger partial charge in [0.2, 0.25) is 0 Å². The first-order valence-electron chi connectivity index (χ1n) is 6.48. The quantitative estimate of drug-likeness (QED) is 0.721. The highest BCUT2D eigenvalue weighted by molar-refractivity contribution is 5.01. The first kappa shape index (κ1) is 10.1. The van der Waals surface area contributed by atoms with E-state index in [2.05, 4.69) is 0 Å². The van der Waals surface area contributed by atoms with Crippen LogP contribution in [0.25, 0.3) is 0 Å². The fraction of sp³-hybridized carbons (Fsp3) is 1.00. The zero-order valence-electron chi connectivity index (χ0n) is 9.45. The van der Waals surface area contributed by atoms with Gasteiger partial charge in [0.15, 0.2) is 0 Å². The molecule has 0 aromatic heterocycles. The first-order valence-corrected chi connectivity index (χ1v) is 6.48. The van der Waals surface area contributed by atoms with Crippen molar-refractivity contribution in [1.82, 2.24) is 0 Å². The van der Waals surface area contributed by atoms with Gasteiger partial charge in [-0.25, -0.2) is 0 Å². The molecule has 0 saturated heterocycles. The van der Waals surface area contributed by atoms with Gasteiger partial charge in [-0.2, -0.15) is 0 Å². The Balaban J connectivity index is 1.65. The molecule has 4 saturated carbocycles. The van der Waals surface area contributed by atoms with E-state index in [1.165, 1.54) is 38.5 Å². The van der Waals surface area contributed by atoms with Gasteiger partial charge < -0.3 is 9.84 Å². The van der Waals surface area contributed by atoms with Gasteiger partial charge >= 0.3 is 0 Å². The Bertz CT molecular complexity index is 201. The summed E-state index contributed by atoms with van der Waals surface area (Å²) in [4.78, 5) is 0. The molecule has 0 spiro atoms. The maximum Gasteiger partial charge on any atom is 0.0697 e. The van der Waals surface area contributed by atoms with Gasteiger partial charge in [-0.15, -0.1) is 0 Å². The van der Waals surface area contributed by atoms with Crippen LogP contribution in [0.2, 0.25) is 0 Å². The minimum Gasteiger partial charge on any atom is -0.394 e. The van der Waals surface area contributed by atoms with Crippen LogP contribution < -0.4 is 0 Å². The molecule has 0 aliphatic heterocycles. The molecule has 0 radical (unpaired) electrons. The van der Waals surface area contributed by atoms with Crippen molar-refractivity contribution in [3.05, 3.63) is 0 Å². The van der Waals surface area contributed by atoms with Crippen molar-refractivity contribution in [1.29, 1.82) is 0 Å². The smallest absolute Gasteiger partial charge is 0.0697 e. The first-order chi connectivity index (χ1) is 7.30. The monoisotopic (exact) mass is 210 g/mol. The van der Waals surface area contributed by atoms with Crippen LogP contribution in [0.4, 0.5) is 0 Å². The number of aliphatic hydroxyl groups is 1. The molecule has 0 aromatic carbocycles. The number of aliphatic hydroxyl groups excluding tert-OH is 1. The van der Waals surface area contributed by atoms with E-state index in [0.29, 0.717) is 12.0 Å². The van der Waals surface area contributed by atoms with E-state index >= 15 is 0 Å². The highest BCUT2D eigenvalue weighted by Gasteiger charge is 2.50. The molecular formula is C13H22O2. The predicted molar refractivity (Wildman–Crippen MR) is 58.5 cm³/mol. The minimum atomic E-state index is 0.173. The molecule has 4 bridgehead atoms. The number of ether oxygens (including phenoxy) is 1. The largest absolute Gasteiger partial charge is 0.394 e. The van der Waals surface area contributed by atoms with E-state index in [0.717, 1.165) is 24.4 Å². The van der Waals surface area contributed by atoms with Gasteiger partial charge in [-0.1, -0.05) is 0 Å². The SMILES string of the molecule is OCCOCC12CC3CC(CC(C3)C1)C2. The van der Waals surface area contributed by atoms with E-state index in [1.54, 1.807) is 0 Å². The average Bonchev–Trinajstić information content (AvgIpc) is 2.15. The van der Waals surface area contributed by atoms with Crippen LogP contribution >= 0.6 is 0 Å². The molecule has 0 aromatic rings. The molecule has 86 valence electrons. The molecule has 15 heavy (non-hydrogen) atoms. The Hall–Kier alpha value is -0.0800. The molecule has 2 nitrogen and oxygen atoms in total. The van der Waals surface area contributed by atoms with Crippen LogP contribution in [0.15, 0.2) is 0 Å². The lowest BCUT2D eigenvalue weighted by atomic mass is 9.50. The topological polar surface area (TPSA) is 29.5 Å². The fourth-order valence-corrected chi connectivity index (χ4v) is 4.82. The van der Waals surface area contributed by atoms with Gasteiger partial charge in [0.25, 0.3) is 0 Å². The summed E-state index contributed by atoms with van der Waals surface area (Å²) in [5, 5.41) is 8.75. The summed E-state index contributed by atoms with van der Waals surface area (Å²) in [6, 6.07) is 0. The molecular weight excluding hydrogens is 188 g/mol. The molecule has 2 heteroatoms. The summed E-state index contributed by atoms with van der Waals surface area (Å²) in [5.41, 5.74) is 0.518. The normalized spacial score (nSPS) is 47.4. The van der Waals surface area contributed by atoms with Crippen LogP contribution in [0.3, 0.4) is 0 Å². The molecule has 4 rings (SSSR count). The summed E-state index contributed by atoms with van der Waals surface area (Å²) >= 11 is 0. The second kappa shape index (κ2) is 3.74. The molecule has 0 heterocycles. The molecule has 0 atom stereocenters. The lowest BCUT2D eigenvalue weighted by molar-refractivity contribution is -0.0990. The Labute approximate surface area is 92.0 Å². The van der Waals surface area contributed by atoms with E-state index in [-0.39, 0.29) is 6.61 Å². The molecule has 0 unspecified atom stereocenters. The van der Waals surface area contributed by atoms with Gasteiger partial charge in [-0.05, 0) is 61.7 Å². The van der Waals surface area contributed by atoms with Gasteiger partial charge in [0, 0.05) is 0 Å². The van der Waals surface area contributed by atoms with Crippen LogP contribution in [-0.2, 0) is 4.74 Å². The second-order valence-corrected chi connectivity index (χ2v) is 6.19. The third-order valence-electron chi connectivity index (χ3n) is 4.81.